The van der Waals surface area contributed by atoms with Gasteiger partial charge in [-0.2, -0.15) is 0 Å². The van der Waals surface area contributed by atoms with Gasteiger partial charge >= 0.3 is 0 Å². The van der Waals surface area contributed by atoms with Gasteiger partial charge in [0.1, 0.15) is 6.61 Å². The molecule has 0 fully saturated rings. The third kappa shape index (κ3) is 6.53. The van der Waals surface area contributed by atoms with E-state index in [1.165, 1.54) is 26.4 Å². The Hall–Kier alpha value is -3.47. The van der Waals surface area contributed by atoms with Gasteiger partial charge in [0.2, 0.25) is 10.0 Å². The number of amides is 1. The predicted molar refractivity (Wildman–Crippen MR) is 128 cm³/mol. The van der Waals surface area contributed by atoms with E-state index in [0.29, 0.717) is 29.4 Å². The van der Waals surface area contributed by atoms with E-state index in [0.717, 1.165) is 5.56 Å². The number of benzene rings is 2. The van der Waals surface area contributed by atoms with E-state index in [-0.39, 0.29) is 23.6 Å². The van der Waals surface area contributed by atoms with E-state index in [9.17, 15) is 13.2 Å². The molecule has 0 aliphatic heterocycles. The Morgan fingerprint density at radius 3 is 2.47 bits per heavy atom. The second-order valence-electron chi connectivity index (χ2n) is 7.33. The van der Waals surface area contributed by atoms with Crippen molar-refractivity contribution in [2.45, 2.75) is 18.4 Å². The van der Waals surface area contributed by atoms with Gasteiger partial charge in [-0.3, -0.25) is 9.78 Å². The van der Waals surface area contributed by atoms with E-state index >= 15 is 0 Å². The lowest BCUT2D eigenvalue weighted by Gasteiger charge is -2.14. The first-order valence-electron chi connectivity index (χ1n) is 10.4. The number of aryl methyl sites for hydroxylation is 1. The second-order valence-corrected chi connectivity index (χ2v) is 9.10. The standard InChI is InChI=1S/C24H27N3O6S/c1-17-4-6-20(34(29,30)26-12-13-31-2)15-21(17)24(28)27-19-5-7-22(32-3)23(14-19)33-16-18-8-10-25-11-9-18/h4-11,14-15,26H,12-13,16H2,1-3H3,(H,27,28). The Morgan fingerprint density at radius 1 is 1.00 bits per heavy atom. The molecule has 0 aliphatic rings. The minimum atomic E-state index is -3.78. The molecule has 0 bridgehead atoms. The summed E-state index contributed by atoms with van der Waals surface area (Å²) in [4.78, 5) is 17.0. The molecule has 0 unspecified atom stereocenters. The van der Waals surface area contributed by atoms with Crippen LogP contribution in [0.2, 0.25) is 0 Å². The van der Waals surface area contributed by atoms with Crippen molar-refractivity contribution < 1.29 is 27.4 Å². The number of sulfonamides is 1. The molecule has 0 saturated heterocycles. The van der Waals surface area contributed by atoms with Crippen molar-refractivity contribution in [2.75, 3.05) is 32.7 Å². The number of pyridine rings is 1. The van der Waals surface area contributed by atoms with Crippen LogP contribution in [0.1, 0.15) is 21.5 Å². The van der Waals surface area contributed by atoms with E-state index < -0.39 is 15.9 Å². The van der Waals surface area contributed by atoms with Crippen LogP contribution in [0.3, 0.4) is 0 Å². The number of carbonyl (C=O) groups excluding carboxylic acids is 1. The minimum Gasteiger partial charge on any atom is -0.493 e. The van der Waals surface area contributed by atoms with Gasteiger partial charge in [-0.25, -0.2) is 13.1 Å². The van der Waals surface area contributed by atoms with Crippen molar-refractivity contribution in [3.8, 4) is 11.5 Å². The normalized spacial score (nSPS) is 11.1. The summed E-state index contributed by atoms with van der Waals surface area (Å²) < 4.78 is 43.6. The average molecular weight is 486 g/mol. The van der Waals surface area contributed by atoms with Crippen LogP contribution < -0.4 is 19.5 Å². The Bertz CT molecular complexity index is 1230. The van der Waals surface area contributed by atoms with Gasteiger partial charge in [-0.05, 0) is 54.4 Å². The van der Waals surface area contributed by atoms with Gasteiger partial charge in [-0.15, -0.1) is 0 Å². The molecule has 3 rings (SSSR count). The molecule has 1 aromatic heterocycles. The van der Waals surface area contributed by atoms with Gasteiger partial charge in [0.05, 0.1) is 18.6 Å². The number of carbonyl (C=O) groups is 1. The first kappa shape index (κ1) is 25.2. The smallest absolute Gasteiger partial charge is 0.255 e. The van der Waals surface area contributed by atoms with Crippen LogP contribution in [0.25, 0.3) is 0 Å². The molecule has 34 heavy (non-hydrogen) atoms. The van der Waals surface area contributed by atoms with Gasteiger partial charge in [-0.1, -0.05) is 6.07 Å². The Labute approximate surface area is 199 Å². The highest BCUT2D eigenvalue weighted by molar-refractivity contribution is 7.89. The molecule has 1 amide bonds. The lowest BCUT2D eigenvalue weighted by Crippen LogP contribution is -2.27. The molecular weight excluding hydrogens is 458 g/mol. The molecule has 0 aliphatic carbocycles. The van der Waals surface area contributed by atoms with Crippen molar-refractivity contribution >= 4 is 21.6 Å². The number of ether oxygens (including phenoxy) is 3. The van der Waals surface area contributed by atoms with Crippen molar-refractivity contribution in [3.63, 3.8) is 0 Å². The molecule has 0 spiro atoms. The van der Waals surface area contributed by atoms with Crippen molar-refractivity contribution in [1.82, 2.24) is 9.71 Å². The zero-order valence-electron chi connectivity index (χ0n) is 19.2. The van der Waals surface area contributed by atoms with Crippen LogP contribution in [-0.4, -0.2) is 46.7 Å². The maximum atomic E-state index is 13.0. The molecule has 3 aromatic rings. The highest BCUT2D eigenvalue weighted by Crippen LogP contribution is 2.31. The first-order valence-corrected chi connectivity index (χ1v) is 11.9. The average Bonchev–Trinajstić information content (AvgIpc) is 2.83. The second kappa shape index (κ2) is 11.6. The van der Waals surface area contributed by atoms with Crippen LogP contribution in [0.4, 0.5) is 5.69 Å². The summed E-state index contributed by atoms with van der Waals surface area (Å²) in [5.41, 5.74) is 2.28. The number of nitrogens with zero attached hydrogens (tertiary/aromatic N) is 1. The molecule has 0 radical (unpaired) electrons. The zero-order chi connectivity index (χ0) is 24.6. The van der Waals surface area contributed by atoms with Crippen molar-refractivity contribution in [3.05, 3.63) is 77.6 Å². The molecule has 9 nitrogen and oxygen atoms in total. The topological polar surface area (TPSA) is 116 Å². The monoisotopic (exact) mass is 485 g/mol. The summed E-state index contributed by atoms with van der Waals surface area (Å²) in [6.45, 7) is 2.40. The van der Waals surface area contributed by atoms with Gasteiger partial charge in [0.25, 0.3) is 5.91 Å². The van der Waals surface area contributed by atoms with Crippen molar-refractivity contribution in [1.29, 1.82) is 0 Å². The minimum absolute atomic E-state index is 0.00421. The Kier molecular flexibility index (Phi) is 8.58. The lowest BCUT2D eigenvalue weighted by molar-refractivity contribution is 0.102. The molecule has 2 N–H and O–H groups in total. The van der Waals surface area contributed by atoms with E-state index in [1.54, 1.807) is 43.6 Å². The molecule has 0 atom stereocenters. The Morgan fingerprint density at radius 2 is 1.76 bits per heavy atom. The van der Waals surface area contributed by atoms with Crippen LogP contribution in [0, 0.1) is 6.92 Å². The van der Waals surface area contributed by atoms with E-state index in [2.05, 4.69) is 15.0 Å². The number of methoxy groups -OCH3 is 2. The molecule has 1 heterocycles. The maximum absolute atomic E-state index is 13.0. The zero-order valence-corrected chi connectivity index (χ0v) is 20.0. The van der Waals surface area contributed by atoms with Gasteiger partial charge in [0, 0.05) is 43.4 Å². The number of anilines is 1. The van der Waals surface area contributed by atoms with E-state index in [4.69, 9.17) is 14.2 Å². The molecular formula is C24H27N3O6S. The lowest BCUT2D eigenvalue weighted by atomic mass is 10.1. The summed E-state index contributed by atoms with van der Waals surface area (Å²) in [6.07, 6.45) is 3.35. The predicted octanol–water partition coefficient (Wildman–Crippen LogP) is 3.15. The fourth-order valence-corrected chi connectivity index (χ4v) is 4.12. The molecule has 10 heteroatoms. The van der Waals surface area contributed by atoms with Crippen LogP contribution in [-0.2, 0) is 21.4 Å². The fourth-order valence-electron chi connectivity index (χ4n) is 3.08. The number of nitrogens with one attached hydrogen (secondary N) is 2. The van der Waals surface area contributed by atoms with Crippen LogP contribution in [0.15, 0.2) is 65.8 Å². The number of rotatable bonds is 11. The number of hydrogen-bond acceptors (Lipinski definition) is 7. The molecule has 2 aromatic carbocycles. The summed E-state index contributed by atoms with van der Waals surface area (Å²) >= 11 is 0. The Balaban J connectivity index is 1.78. The fraction of sp³-hybridized carbons (Fsp3) is 0.250. The van der Waals surface area contributed by atoms with Crippen LogP contribution >= 0.6 is 0 Å². The number of hydrogen-bond donors (Lipinski definition) is 2. The third-order valence-electron chi connectivity index (χ3n) is 4.93. The highest BCUT2D eigenvalue weighted by Gasteiger charge is 2.18. The summed E-state index contributed by atoms with van der Waals surface area (Å²) in [7, 11) is -0.764. The van der Waals surface area contributed by atoms with E-state index in [1.807, 2.05) is 12.1 Å². The quantitative estimate of drug-likeness (QED) is 0.401. The first-order chi connectivity index (χ1) is 16.3. The highest BCUT2D eigenvalue weighted by atomic mass is 32.2. The SMILES string of the molecule is COCCNS(=O)(=O)c1ccc(C)c(C(=O)Nc2ccc(OC)c(OCc3ccncc3)c2)c1. The largest absolute Gasteiger partial charge is 0.493 e. The van der Waals surface area contributed by atoms with Gasteiger partial charge < -0.3 is 19.5 Å². The summed E-state index contributed by atoms with van der Waals surface area (Å²) in [5.74, 6) is 0.516. The summed E-state index contributed by atoms with van der Waals surface area (Å²) in [6, 6.07) is 13.1. The molecule has 0 saturated carbocycles. The van der Waals surface area contributed by atoms with Gasteiger partial charge in [0.15, 0.2) is 11.5 Å². The van der Waals surface area contributed by atoms with Crippen LogP contribution in [0.5, 0.6) is 11.5 Å². The third-order valence-corrected chi connectivity index (χ3v) is 6.39. The maximum Gasteiger partial charge on any atom is 0.255 e. The number of aromatic nitrogens is 1. The molecule has 180 valence electrons. The summed E-state index contributed by atoms with van der Waals surface area (Å²) in [5, 5.41) is 2.80. The van der Waals surface area contributed by atoms with Crippen molar-refractivity contribution in [2.24, 2.45) is 0 Å².